The summed E-state index contributed by atoms with van der Waals surface area (Å²) in [6.45, 7) is 5.97. The van der Waals surface area contributed by atoms with Gasteiger partial charge in [0.15, 0.2) is 0 Å². The Labute approximate surface area is 98.9 Å². The van der Waals surface area contributed by atoms with E-state index in [1.807, 2.05) is 20.8 Å². The van der Waals surface area contributed by atoms with Gasteiger partial charge in [-0.1, -0.05) is 32.9 Å². The Morgan fingerprint density at radius 2 is 1.88 bits per heavy atom. The zero-order valence-corrected chi connectivity index (χ0v) is 10.1. The van der Waals surface area contributed by atoms with E-state index < -0.39 is 5.82 Å². The third kappa shape index (κ3) is 2.16. The van der Waals surface area contributed by atoms with Crippen LogP contribution in [0.25, 0.3) is 5.69 Å². The molecule has 2 rings (SSSR count). The summed E-state index contributed by atoms with van der Waals surface area (Å²) in [6, 6.07) is 7.70. The van der Waals surface area contributed by atoms with Crippen molar-refractivity contribution in [1.29, 1.82) is 0 Å². The number of hydrogen-bond donors (Lipinski definition) is 1. The molecule has 0 bridgehead atoms. The summed E-state index contributed by atoms with van der Waals surface area (Å²) in [5, 5.41) is 2.94. The van der Waals surface area contributed by atoms with Crippen LogP contribution in [0.15, 0.2) is 35.1 Å². The Morgan fingerprint density at radius 3 is 2.41 bits per heavy atom. The van der Waals surface area contributed by atoms with Gasteiger partial charge in [-0.2, -0.15) is 0 Å². The normalized spacial score (nSPS) is 11.8. The van der Waals surface area contributed by atoms with Gasteiger partial charge in [-0.3, -0.25) is 9.89 Å². The minimum atomic E-state index is -0.420. The summed E-state index contributed by atoms with van der Waals surface area (Å²) in [5.74, 6) is -0.420. The number of nitrogens with one attached hydrogen (secondary N) is 1. The molecule has 0 amide bonds. The predicted molar refractivity (Wildman–Crippen MR) is 65.0 cm³/mol. The topological polar surface area (TPSA) is 37.8 Å². The van der Waals surface area contributed by atoms with Crippen LogP contribution in [-0.4, -0.2) is 9.78 Å². The average Bonchev–Trinajstić information content (AvgIpc) is 2.61. The fourth-order valence-electron chi connectivity index (χ4n) is 1.59. The zero-order chi connectivity index (χ0) is 12.6. The second-order valence-corrected chi connectivity index (χ2v) is 5.04. The summed E-state index contributed by atoms with van der Waals surface area (Å²) in [4.78, 5) is 11.8. The molecule has 0 aliphatic rings. The number of nitrogens with zero attached hydrogens (tertiary/aromatic N) is 1. The van der Waals surface area contributed by atoms with Crippen molar-refractivity contribution in [2.75, 3.05) is 0 Å². The standard InChI is InChI=1S/C13H15FN2O/c1-13(2,3)11-8-12(17)16(15-11)10-7-5-4-6-9(10)14/h4-8,15H,1-3H3. The van der Waals surface area contributed by atoms with Crippen LogP contribution in [0.4, 0.5) is 4.39 Å². The molecule has 0 fully saturated rings. The number of aromatic nitrogens is 2. The average molecular weight is 234 g/mol. The van der Waals surface area contributed by atoms with Gasteiger partial charge in [-0.15, -0.1) is 0 Å². The molecular weight excluding hydrogens is 219 g/mol. The van der Waals surface area contributed by atoms with E-state index in [9.17, 15) is 9.18 Å². The smallest absolute Gasteiger partial charge is 0.271 e. The maximum absolute atomic E-state index is 13.6. The van der Waals surface area contributed by atoms with Crippen LogP contribution >= 0.6 is 0 Å². The lowest BCUT2D eigenvalue weighted by Crippen LogP contribution is -2.15. The molecule has 0 aliphatic heterocycles. The lowest BCUT2D eigenvalue weighted by Gasteiger charge is -2.15. The van der Waals surface area contributed by atoms with Crippen LogP contribution in [0.3, 0.4) is 0 Å². The molecule has 0 radical (unpaired) electrons. The molecule has 17 heavy (non-hydrogen) atoms. The summed E-state index contributed by atoms with van der Waals surface area (Å²) in [6.07, 6.45) is 0. The Balaban J connectivity index is 2.59. The molecular formula is C13H15FN2O. The largest absolute Gasteiger partial charge is 0.294 e. The van der Waals surface area contributed by atoms with Gasteiger partial charge in [-0.25, -0.2) is 9.07 Å². The van der Waals surface area contributed by atoms with Gasteiger partial charge in [0.2, 0.25) is 0 Å². The molecule has 1 aromatic carbocycles. The molecule has 1 heterocycles. The Kier molecular flexibility index (Phi) is 2.65. The highest BCUT2D eigenvalue weighted by Gasteiger charge is 2.18. The minimum absolute atomic E-state index is 0.171. The van der Waals surface area contributed by atoms with E-state index in [4.69, 9.17) is 0 Å². The van der Waals surface area contributed by atoms with Crippen molar-refractivity contribution in [3.05, 3.63) is 52.2 Å². The van der Waals surface area contributed by atoms with E-state index in [2.05, 4.69) is 5.10 Å². The van der Waals surface area contributed by atoms with Crippen molar-refractivity contribution < 1.29 is 4.39 Å². The van der Waals surface area contributed by atoms with Crippen molar-refractivity contribution in [1.82, 2.24) is 9.78 Å². The van der Waals surface area contributed by atoms with E-state index in [0.29, 0.717) is 0 Å². The predicted octanol–water partition coefficient (Wildman–Crippen LogP) is 2.60. The maximum Gasteiger partial charge on any atom is 0.271 e. The van der Waals surface area contributed by atoms with Crippen LogP contribution in [0.5, 0.6) is 0 Å². The molecule has 0 saturated heterocycles. The van der Waals surface area contributed by atoms with Crippen LogP contribution in [-0.2, 0) is 5.41 Å². The maximum atomic E-state index is 13.6. The highest BCUT2D eigenvalue weighted by atomic mass is 19.1. The monoisotopic (exact) mass is 234 g/mol. The number of para-hydroxylation sites is 1. The SMILES string of the molecule is CC(C)(C)c1cc(=O)n(-c2ccccc2F)[nH]1. The number of aromatic amines is 1. The van der Waals surface area contributed by atoms with Gasteiger partial charge in [0.1, 0.15) is 11.5 Å². The molecule has 2 aromatic rings. The van der Waals surface area contributed by atoms with Crippen molar-refractivity contribution in [2.24, 2.45) is 0 Å². The first kappa shape index (κ1) is 11.6. The van der Waals surface area contributed by atoms with Crippen LogP contribution in [0.2, 0.25) is 0 Å². The van der Waals surface area contributed by atoms with E-state index >= 15 is 0 Å². The highest BCUT2D eigenvalue weighted by Crippen LogP contribution is 2.19. The molecule has 4 heteroatoms. The Bertz CT molecular complexity index is 590. The van der Waals surface area contributed by atoms with Gasteiger partial charge < -0.3 is 0 Å². The number of hydrogen-bond acceptors (Lipinski definition) is 1. The van der Waals surface area contributed by atoms with Crippen molar-refractivity contribution in [3.63, 3.8) is 0 Å². The van der Waals surface area contributed by atoms with E-state index in [-0.39, 0.29) is 16.7 Å². The van der Waals surface area contributed by atoms with Crippen molar-refractivity contribution in [2.45, 2.75) is 26.2 Å². The molecule has 0 aliphatic carbocycles. The highest BCUT2D eigenvalue weighted by molar-refractivity contribution is 5.33. The third-order valence-electron chi connectivity index (χ3n) is 2.62. The van der Waals surface area contributed by atoms with E-state index in [1.165, 1.54) is 16.8 Å². The summed E-state index contributed by atoms with van der Waals surface area (Å²) < 4.78 is 14.8. The fourth-order valence-corrected chi connectivity index (χ4v) is 1.59. The van der Waals surface area contributed by atoms with Crippen LogP contribution in [0.1, 0.15) is 26.5 Å². The number of benzene rings is 1. The molecule has 0 saturated carbocycles. The number of H-pyrrole nitrogens is 1. The fraction of sp³-hybridized carbons (Fsp3) is 0.308. The first-order valence-electron chi connectivity index (χ1n) is 5.47. The molecule has 3 nitrogen and oxygen atoms in total. The van der Waals surface area contributed by atoms with Crippen LogP contribution < -0.4 is 5.56 Å². The van der Waals surface area contributed by atoms with E-state index in [1.54, 1.807) is 18.2 Å². The quantitative estimate of drug-likeness (QED) is 0.809. The molecule has 0 spiro atoms. The van der Waals surface area contributed by atoms with Crippen molar-refractivity contribution in [3.8, 4) is 5.69 Å². The van der Waals surface area contributed by atoms with Crippen LogP contribution in [0, 0.1) is 5.82 Å². The molecule has 1 aromatic heterocycles. The zero-order valence-electron chi connectivity index (χ0n) is 10.1. The first-order valence-corrected chi connectivity index (χ1v) is 5.47. The van der Waals surface area contributed by atoms with Crippen molar-refractivity contribution >= 4 is 0 Å². The van der Waals surface area contributed by atoms with Gasteiger partial charge in [0, 0.05) is 17.2 Å². The van der Waals surface area contributed by atoms with Gasteiger partial charge in [0.25, 0.3) is 5.56 Å². The van der Waals surface area contributed by atoms with Gasteiger partial charge in [-0.05, 0) is 12.1 Å². The Hall–Kier alpha value is -1.84. The third-order valence-corrected chi connectivity index (χ3v) is 2.62. The molecule has 0 unspecified atom stereocenters. The number of rotatable bonds is 1. The summed E-state index contributed by atoms with van der Waals surface area (Å²) in [5.41, 5.74) is 0.606. The van der Waals surface area contributed by atoms with E-state index in [0.717, 1.165) is 5.69 Å². The first-order chi connectivity index (χ1) is 7.89. The Morgan fingerprint density at radius 1 is 1.24 bits per heavy atom. The second-order valence-electron chi connectivity index (χ2n) is 5.04. The molecule has 1 N–H and O–H groups in total. The summed E-state index contributed by atoms with van der Waals surface area (Å²) in [7, 11) is 0. The molecule has 0 atom stereocenters. The molecule has 90 valence electrons. The lowest BCUT2D eigenvalue weighted by atomic mass is 9.93. The van der Waals surface area contributed by atoms with Gasteiger partial charge >= 0.3 is 0 Å². The second kappa shape index (κ2) is 3.87. The van der Waals surface area contributed by atoms with Gasteiger partial charge in [0.05, 0.1) is 0 Å². The lowest BCUT2D eigenvalue weighted by molar-refractivity contribution is 0.554. The summed E-state index contributed by atoms with van der Waals surface area (Å²) >= 11 is 0. The number of halogens is 1. The minimum Gasteiger partial charge on any atom is -0.294 e.